The Kier molecular flexibility index (Phi) is 23.0. The number of aromatic nitrogens is 1. The second kappa shape index (κ2) is 28.8. The van der Waals surface area contributed by atoms with E-state index in [1.54, 1.807) is 32.9 Å². The first-order valence-electron chi connectivity index (χ1n) is 21.7. The van der Waals surface area contributed by atoms with Gasteiger partial charge in [-0.3, -0.25) is 19.3 Å². The Bertz CT molecular complexity index is 2200. The molecule has 0 fully saturated rings. The Morgan fingerprint density at radius 2 is 1.47 bits per heavy atom. The number of hydrogen-bond acceptors (Lipinski definition) is 13. The lowest BCUT2D eigenvalue weighted by Gasteiger charge is -2.26. The number of hydrogen-bond donors (Lipinski definition) is 2. The summed E-state index contributed by atoms with van der Waals surface area (Å²) in [7, 11) is 1.28. The summed E-state index contributed by atoms with van der Waals surface area (Å²) in [6, 6.07) is 21.8. The predicted octanol–water partition coefficient (Wildman–Crippen LogP) is 7.76. The van der Waals surface area contributed by atoms with Gasteiger partial charge in [-0.1, -0.05) is 71.3 Å². The van der Waals surface area contributed by atoms with Gasteiger partial charge in [-0.05, 0) is 79.4 Å². The number of nitrogens with one attached hydrogen (secondary N) is 2. The molecule has 66 heavy (non-hydrogen) atoms. The van der Waals surface area contributed by atoms with Gasteiger partial charge in [-0.2, -0.15) is 0 Å². The topological polar surface area (TPSA) is 222 Å². The van der Waals surface area contributed by atoms with Gasteiger partial charge in [0.25, 0.3) is 0 Å². The molecule has 0 saturated heterocycles. The number of fused-ring (bicyclic) bond motifs is 1. The summed E-state index contributed by atoms with van der Waals surface area (Å²) in [5.74, 6) is -0.287. The smallest absolute Gasteiger partial charge is 0.416 e. The second-order valence-electron chi connectivity index (χ2n) is 15.6. The van der Waals surface area contributed by atoms with Crippen LogP contribution in [0.15, 0.2) is 84.1 Å². The molecule has 0 unspecified atom stereocenters. The van der Waals surface area contributed by atoms with Crippen LogP contribution >= 0.6 is 11.6 Å². The molecule has 3 aromatic carbocycles. The van der Waals surface area contributed by atoms with Crippen LogP contribution in [0.1, 0.15) is 58.1 Å². The Hall–Kier alpha value is -6.01. The number of benzene rings is 3. The van der Waals surface area contributed by atoms with Crippen LogP contribution in [0.2, 0.25) is 5.02 Å². The Labute approximate surface area is 390 Å². The van der Waals surface area contributed by atoms with Gasteiger partial charge in [0.1, 0.15) is 23.8 Å². The summed E-state index contributed by atoms with van der Waals surface area (Å²) in [5, 5.41) is 11.2. The van der Waals surface area contributed by atoms with Gasteiger partial charge in [0, 0.05) is 41.0 Å². The lowest BCUT2D eigenvalue weighted by molar-refractivity contribution is -0.141. The minimum atomic E-state index is -0.725. The van der Waals surface area contributed by atoms with Crippen molar-refractivity contribution in [1.29, 1.82) is 0 Å². The monoisotopic (exact) mass is 933 g/mol. The molecule has 18 nitrogen and oxygen atoms in total. The Morgan fingerprint density at radius 1 is 0.818 bits per heavy atom. The van der Waals surface area contributed by atoms with Crippen molar-refractivity contribution in [2.45, 2.75) is 58.1 Å². The van der Waals surface area contributed by atoms with Crippen molar-refractivity contribution in [1.82, 2.24) is 15.6 Å². The predicted molar refractivity (Wildman–Crippen MR) is 249 cm³/mol. The summed E-state index contributed by atoms with van der Waals surface area (Å²) < 4.78 is 38.5. The van der Waals surface area contributed by atoms with E-state index in [0.717, 1.165) is 21.9 Å². The molecule has 0 saturated carbocycles. The first-order chi connectivity index (χ1) is 31.9. The van der Waals surface area contributed by atoms with Gasteiger partial charge in [0.15, 0.2) is 0 Å². The van der Waals surface area contributed by atoms with Crippen LogP contribution in [0.5, 0.6) is 5.75 Å². The third kappa shape index (κ3) is 19.2. The van der Waals surface area contributed by atoms with Crippen molar-refractivity contribution in [3.05, 3.63) is 100 Å². The van der Waals surface area contributed by atoms with Crippen LogP contribution in [-0.4, -0.2) is 121 Å². The van der Waals surface area contributed by atoms with Gasteiger partial charge in [0.05, 0.1) is 79.0 Å². The van der Waals surface area contributed by atoms with Gasteiger partial charge in [0.2, 0.25) is 11.8 Å². The number of ether oxygens (including phenoxy) is 7. The van der Waals surface area contributed by atoms with Crippen LogP contribution in [0.25, 0.3) is 32.3 Å². The lowest BCUT2D eigenvalue weighted by atomic mass is 9.95. The van der Waals surface area contributed by atoms with Gasteiger partial charge in [-0.25, -0.2) is 9.78 Å². The maximum Gasteiger partial charge on any atom is 0.416 e. The summed E-state index contributed by atoms with van der Waals surface area (Å²) in [6.45, 7) is 9.16. The van der Waals surface area contributed by atoms with E-state index in [1.807, 2.05) is 60.7 Å². The van der Waals surface area contributed by atoms with Crippen molar-refractivity contribution in [3.63, 3.8) is 0 Å². The zero-order chi connectivity index (χ0) is 47.6. The molecule has 1 aromatic heterocycles. The van der Waals surface area contributed by atoms with E-state index >= 15 is 0 Å². The number of halogens is 1. The molecular weight excluding hydrogens is 874 g/mol. The van der Waals surface area contributed by atoms with E-state index < -0.39 is 29.6 Å². The zero-order valence-corrected chi connectivity index (χ0v) is 38.8. The molecule has 356 valence electrons. The van der Waals surface area contributed by atoms with E-state index in [2.05, 4.69) is 25.6 Å². The highest BCUT2D eigenvalue weighted by Gasteiger charge is 2.25. The summed E-state index contributed by atoms with van der Waals surface area (Å²) in [5.41, 5.74) is 10.1. The maximum absolute atomic E-state index is 13.1. The number of methoxy groups -OCH3 is 1. The molecule has 2 N–H and O–H groups in total. The number of carbonyl (C=O) groups is 4. The molecule has 0 aliphatic rings. The number of nitrogens with zero attached hydrogens (tertiary/aromatic N) is 5. The van der Waals surface area contributed by atoms with Crippen molar-refractivity contribution >= 4 is 52.1 Å². The summed E-state index contributed by atoms with van der Waals surface area (Å²) in [6.07, 6.45) is 1.78. The van der Waals surface area contributed by atoms with Gasteiger partial charge >= 0.3 is 12.1 Å². The number of rotatable bonds is 29. The SMILES string of the molecule is COC(=O)C[C@H](NC(=O)CNC(=O)CCCCN(C(=O)OC(C)(C)C)c1cc(Cl)ccn1)c1ccc(-c2ccc(OCCOCCOCCOCCOCCN=[N+]=[N-])c3ccccc23)cc1. The number of esters is 1. The van der Waals surface area contributed by atoms with Crippen molar-refractivity contribution in [2.75, 3.05) is 91.1 Å². The largest absolute Gasteiger partial charge is 0.491 e. The normalized spacial score (nSPS) is 11.6. The molecule has 4 rings (SSSR count). The number of anilines is 1. The van der Waals surface area contributed by atoms with E-state index in [4.69, 9.17) is 50.3 Å². The highest BCUT2D eigenvalue weighted by molar-refractivity contribution is 6.30. The molecule has 3 amide bonds. The Balaban J connectivity index is 1.23. The fourth-order valence-electron chi connectivity index (χ4n) is 6.39. The van der Waals surface area contributed by atoms with Crippen LogP contribution in [0.3, 0.4) is 0 Å². The van der Waals surface area contributed by atoms with Gasteiger partial charge < -0.3 is 43.8 Å². The molecule has 1 heterocycles. The molecule has 1 atom stereocenters. The summed E-state index contributed by atoms with van der Waals surface area (Å²) in [4.78, 5) is 59.5. The number of azide groups is 1. The fourth-order valence-corrected chi connectivity index (χ4v) is 6.55. The molecule has 0 radical (unpaired) electrons. The van der Waals surface area contributed by atoms with Crippen LogP contribution in [0.4, 0.5) is 10.6 Å². The summed E-state index contributed by atoms with van der Waals surface area (Å²) >= 11 is 6.14. The number of pyridine rings is 1. The number of carbonyl (C=O) groups excluding carboxylic acids is 4. The Morgan fingerprint density at radius 3 is 2.11 bits per heavy atom. The van der Waals surface area contributed by atoms with Crippen LogP contribution in [-0.2, 0) is 42.8 Å². The van der Waals surface area contributed by atoms with E-state index in [0.29, 0.717) is 101 Å². The maximum atomic E-state index is 13.1. The average Bonchev–Trinajstić information content (AvgIpc) is 3.29. The molecule has 19 heteroatoms. The first kappa shape index (κ1) is 52.6. The van der Waals surface area contributed by atoms with Crippen LogP contribution in [0, 0.1) is 0 Å². The van der Waals surface area contributed by atoms with E-state index in [1.165, 1.54) is 18.2 Å². The molecule has 0 bridgehead atoms. The highest BCUT2D eigenvalue weighted by Crippen LogP contribution is 2.35. The molecule has 0 aliphatic carbocycles. The second-order valence-corrected chi connectivity index (χ2v) is 16.1. The third-order valence-corrected chi connectivity index (χ3v) is 9.76. The van der Waals surface area contributed by atoms with Crippen molar-refractivity contribution in [3.8, 4) is 16.9 Å². The van der Waals surface area contributed by atoms with Crippen LogP contribution < -0.4 is 20.3 Å². The highest BCUT2D eigenvalue weighted by atomic mass is 35.5. The number of unbranched alkanes of at least 4 members (excludes halogenated alkanes) is 1. The molecule has 0 spiro atoms. The third-order valence-electron chi connectivity index (χ3n) is 9.52. The van der Waals surface area contributed by atoms with Crippen molar-refractivity contribution < 1.29 is 52.3 Å². The zero-order valence-electron chi connectivity index (χ0n) is 38.0. The standard InChI is InChI=1S/C47H60ClN7O11/c1-47(2,3)66-46(59)55(42-31-36(48)18-19-50-42)21-8-7-11-43(56)51-33-44(57)53-40(32-45(58)60-4)35-14-12-34(13-15-35)37-16-17-41(39-10-6-5-9-38(37)39)65-30-29-64-28-27-63-26-25-62-24-23-61-22-20-52-54-49/h5-6,9-10,12-19,31,40H,7-8,11,20-30,32-33H2,1-4H3,(H,51,56)(H,53,57)/t40-/m0/s1. The minimum Gasteiger partial charge on any atom is -0.491 e. The fraction of sp³-hybridized carbons (Fsp3) is 0.468. The lowest BCUT2D eigenvalue weighted by Crippen LogP contribution is -2.39. The molecular formula is C47H60ClN7O11. The quantitative estimate of drug-likeness (QED) is 0.0175. The molecule has 0 aliphatic heterocycles. The van der Waals surface area contributed by atoms with Gasteiger partial charge in [-0.15, -0.1) is 0 Å². The first-order valence-corrected chi connectivity index (χ1v) is 22.1. The number of amides is 3. The minimum absolute atomic E-state index is 0.110. The molecule has 4 aromatic rings. The van der Waals surface area contributed by atoms with E-state index in [9.17, 15) is 19.2 Å². The van der Waals surface area contributed by atoms with E-state index in [-0.39, 0.29) is 31.8 Å². The van der Waals surface area contributed by atoms with Crippen molar-refractivity contribution in [2.24, 2.45) is 5.11 Å². The average molecular weight is 934 g/mol.